The molecular formula is C17H18N2O. The molecule has 3 nitrogen and oxygen atoms in total. The number of hydrogen-bond acceptors (Lipinski definition) is 2. The highest BCUT2D eigenvalue weighted by atomic mass is 16.1. The topological polar surface area (TPSA) is 42.0 Å². The van der Waals surface area contributed by atoms with Crippen LogP contribution in [0, 0.1) is 0 Å². The molecule has 0 atom stereocenters. The van der Waals surface area contributed by atoms with Crippen LogP contribution < -0.4 is 5.32 Å². The maximum Gasteiger partial charge on any atom is 0.253 e. The normalized spacial score (nSPS) is 14.6. The fraction of sp³-hybridized carbons (Fsp3) is 0.294. The molecule has 3 rings (SSSR count). The van der Waals surface area contributed by atoms with Crippen LogP contribution >= 0.6 is 0 Å². The van der Waals surface area contributed by atoms with Crippen molar-refractivity contribution in [2.45, 2.75) is 31.7 Å². The number of hydrogen-bond donors (Lipinski definition) is 1. The van der Waals surface area contributed by atoms with E-state index in [0.717, 1.165) is 25.0 Å². The van der Waals surface area contributed by atoms with Crippen LogP contribution in [0.3, 0.4) is 0 Å². The van der Waals surface area contributed by atoms with Crippen LogP contribution in [-0.2, 0) is 6.42 Å². The largest absolute Gasteiger partial charge is 0.349 e. The molecule has 0 spiro atoms. The van der Waals surface area contributed by atoms with Crippen molar-refractivity contribution in [2.75, 3.05) is 0 Å². The summed E-state index contributed by atoms with van der Waals surface area (Å²) in [7, 11) is 0. The first-order valence-corrected chi connectivity index (χ1v) is 7.11. The van der Waals surface area contributed by atoms with Crippen molar-refractivity contribution in [1.29, 1.82) is 0 Å². The molecule has 1 saturated carbocycles. The van der Waals surface area contributed by atoms with Gasteiger partial charge in [0.05, 0.1) is 5.56 Å². The minimum absolute atomic E-state index is 0.00605. The van der Waals surface area contributed by atoms with E-state index in [9.17, 15) is 4.79 Å². The molecule has 1 aromatic carbocycles. The molecule has 0 unspecified atom stereocenters. The van der Waals surface area contributed by atoms with Crippen LogP contribution in [0.25, 0.3) is 0 Å². The number of carbonyl (C=O) groups is 1. The van der Waals surface area contributed by atoms with E-state index in [1.807, 2.05) is 30.3 Å². The zero-order valence-corrected chi connectivity index (χ0v) is 11.4. The summed E-state index contributed by atoms with van der Waals surface area (Å²) in [5, 5.41) is 3.02. The standard InChI is InChI=1S/C17H18N2O/c20-17(19-15-7-4-8-15)14-9-10-16(18-12-14)11-13-5-2-1-3-6-13/h1-3,5-6,9-10,12,15H,4,7-8,11H2,(H,19,20). The molecule has 1 fully saturated rings. The minimum Gasteiger partial charge on any atom is -0.349 e. The molecule has 0 radical (unpaired) electrons. The van der Waals surface area contributed by atoms with E-state index in [1.54, 1.807) is 6.20 Å². The van der Waals surface area contributed by atoms with Crippen LogP contribution in [0.15, 0.2) is 48.7 Å². The summed E-state index contributed by atoms with van der Waals surface area (Å²) < 4.78 is 0. The summed E-state index contributed by atoms with van der Waals surface area (Å²) in [6, 6.07) is 14.4. The third kappa shape index (κ3) is 3.05. The SMILES string of the molecule is O=C(NC1CCC1)c1ccc(Cc2ccccc2)nc1. The Bertz CT molecular complexity index is 574. The molecule has 3 heteroatoms. The number of benzene rings is 1. The van der Waals surface area contributed by atoms with Gasteiger partial charge >= 0.3 is 0 Å². The van der Waals surface area contributed by atoms with E-state index in [2.05, 4.69) is 22.4 Å². The highest BCUT2D eigenvalue weighted by Crippen LogP contribution is 2.18. The van der Waals surface area contributed by atoms with Crippen molar-refractivity contribution in [3.05, 3.63) is 65.5 Å². The lowest BCUT2D eigenvalue weighted by Gasteiger charge is -2.26. The first kappa shape index (κ1) is 12.9. The second-order valence-corrected chi connectivity index (χ2v) is 5.30. The van der Waals surface area contributed by atoms with Gasteiger partial charge in [0.1, 0.15) is 0 Å². The fourth-order valence-corrected chi connectivity index (χ4v) is 2.29. The molecular weight excluding hydrogens is 248 g/mol. The minimum atomic E-state index is -0.00605. The number of pyridine rings is 1. The quantitative estimate of drug-likeness (QED) is 0.924. The summed E-state index contributed by atoms with van der Waals surface area (Å²) in [6.07, 6.45) is 5.90. The van der Waals surface area contributed by atoms with E-state index in [0.29, 0.717) is 11.6 Å². The maximum absolute atomic E-state index is 12.0. The predicted molar refractivity (Wildman–Crippen MR) is 78.6 cm³/mol. The molecule has 20 heavy (non-hydrogen) atoms. The number of nitrogens with one attached hydrogen (secondary N) is 1. The van der Waals surface area contributed by atoms with Crippen molar-refractivity contribution in [1.82, 2.24) is 10.3 Å². The van der Waals surface area contributed by atoms with E-state index in [4.69, 9.17) is 0 Å². The van der Waals surface area contributed by atoms with Crippen LogP contribution in [-0.4, -0.2) is 16.9 Å². The summed E-state index contributed by atoms with van der Waals surface area (Å²) in [6.45, 7) is 0. The van der Waals surface area contributed by atoms with Crippen molar-refractivity contribution in [3.63, 3.8) is 0 Å². The second kappa shape index (κ2) is 5.87. The Kier molecular flexibility index (Phi) is 3.77. The third-order valence-corrected chi connectivity index (χ3v) is 3.76. The fourth-order valence-electron chi connectivity index (χ4n) is 2.29. The van der Waals surface area contributed by atoms with Gasteiger partial charge < -0.3 is 5.32 Å². The van der Waals surface area contributed by atoms with Gasteiger partial charge in [-0.1, -0.05) is 30.3 Å². The summed E-state index contributed by atoms with van der Waals surface area (Å²) in [5.74, 6) is -0.00605. The van der Waals surface area contributed by atoms with Gasteiger partial charge in [-0.15, -0.1) is 0 Å². The number of amides is 1. The van der Waals surface area contributed by atoms with Gasteiger partial charge in [-0.3, -0.25) is 9.78 Å². The summed E-state index contributed by atoms with van der Waals surface area (Å²) >= 11 is 0. The zero-order valence-electron chi connectivity index (χ0n) is 11.4. The number of nitrogens with zero attached hydrogens (tertiary/aromatic N) is 1. The first-order chi connectivity index (χ1) is 9.81. The lowest BCUT2D eigenvalue weighted by atomic mass is 9.93. The summed E-state index contributed by atoms with van der Waals surface area (Å²) in [4.78, 5) is 16.4. The van der Waals surface area contributed by atoms with Gasteiger partial charge in [0.25, 0.3) is 5.91 Å². The number of rotatable bonds is 4. The van der Waals surface area contributed by atoms with E-state index in [1.165, 1.54) is 12.0 Å². The zero-order chi connectivity index (χ0) is 13.8. The van der Waals surface area contributed by atoms with Crippen molar-refractivity contribution < 1.29 is 4.79 Å². The molecule has 1 N–H and O–H groups in total. The molecule has 1 amide bonds. The average molecular weight is 266 g/mol. The van der Waals surface area contributed by atoms with Gasteiger partial charge in [0, 0.05) is 24.4 Å². The molecule has 1 aliphatic carbocycles. The molecule has 102 valence electrons. The van der Waals surface area contributed by atoms with Gasteiger partial charge in [0.2, 0.25) is 0 Å². The van der Waals surface area contributed by atoms with E-state index in [-0.39, 0.29) is 5.91 Å². The lowest BCUT2D eigenvalue weighted by molar-refractivity contribution is 0.0916. The van der Waals surface area contributed by atoms with E-state index >= 15 is 0 Å². The molecule has 1 aliphatic rings. The predicted octanol–water partition coefficient (Wildman–Crippen LogP) is 2.95. The van der Waals surface area contributed by atoms with E-state index < -0.39 is 0 Å². The number of aromatic nitrogens is 1. The first-order valence-electron chi connectivity index (χ1n) is 7.11. The van der Waals surface area contributed by atoms with Crippen molar-refractivity contribution >= 4 is 5.91 Å². The van der Waals surface area contributed by atoms with Gasteiger partial charge in [-0.2, -0.15) is 0 Å². The Morgan fingerprint density at radius 2 is 1.95 bits per heavy atom. The smallest absolute Gasteiger partial charge is 0.253 e. The Labute approximate surface area is 119 Å². The Balaban J connectivity index is 1.63. The molecule has 1 aromatic heterocycles. The average Bonchev–Trinajstić information content (AvgIpc) is 2.44. The molecule has 0 aliphatic heterocycles. The highest BCUT2D eigenvalue weighted by Gasteiger charge is 2.20. The molecule has 0 bridgehead atoms. The van der Waals surface area contributed by atoms with Crippen LogP contribution in [0.5, 0.6) is 0 Å². The lowest BCUT2D eigenvalue weighted by Crippen LogP contribution is -2.39. The van der Waals surface area contributed by atoms with Crippen LogP contribution in [0.2, 0.25) is 0 Å². The van der Waals surface area contributed by atoms with Crippen molar-refractivity contribution in [3.8, 4) is 0 Å². The van der Waals surface area contributed by atoms with Gasteiger partial charge in [-0.25, -0.2) is 0 Å². The Morgan fingerprint density at radius 1 is 1.15 bits per heavy atom. The Hall–Kier alpha value is -2.16. The highest BCUT2D eigenvalue weighted by molar-refractivity contribution is 5.94. The van der Waals surface area contributed by atoms with Crippen LogP contribution in [0.4, 0.5) is 0 Å². The second-order valence-electron chi connectivity index (χ2n) is 5.30. The van der Waals surface area contributed by atoms with Gasteiger partial charge in [0.15, 0.2) is 0 Å². The number of carbonyl (C=O) groups excluding carboxylic acids is 1. The monoisotopic (exact) mass is 266 g/mol. The maximum atomic E-state index is 12.0. The molecule has 1 heterocycles. The molecule has 0 saturated heterocycles. The van der Waals surface area contributed by atoms with Crippen molar-refractivity contribution in [2.24, 2.45) is 0 Å². The summed E-state index contributed by atoms with van der Waals surface area (Å²) in [5.41, 5.74) is 2.86. The Morgan fingerprint density at radius 3 is 2.55 bits per heavy atom. The van der Waals surface area contributed by atoms with Gasteiger partial charge in [-0.05, 0) is 37.0 Å². The third-order valence-electron chi connectivity index (χ3n) is 3.76. The van der Waals surface area contributed by atoms with Crippen LogP contribution in [0.1, 0.15) is 40.9 Å². The molecule has 2 aromatic rings.